The SMILES string of the molecule is O=P1(C2CCCCC2)OC(c2ccccc2)c2ccccc21. The molecule has 2 aromatic rings. The lowest BCUT2D eigenvalue weighted by Crippen LogP contribution is -2.19. The molecule has 2 unspecified atom stereocenters. The molecule has 22 heavy (non-hydrogen) atoms. The van der Waals surface area contributed by atoms with Gasteiger partial charge in [0.25, 0.3) is 0 Å². The second-order valence-electron chi connectivity index (χ2n) is 6.34. The van der Waals surface area contributed by atoms with Gasteiger partial charge in [0, 0.05) is 11.0 Å². The zero-order valence-corrected chi connectivity index (χ0v) is 13.5. The van der Waals surface area contributed by atoms with Gasteiger partial charge in [-0.2, -0.15) is 0 Å². The Labute approximate surface area is 132 Å². The first-order valence-electron chi connectivity index (χ1n) is 8.21. The molecule has 4 rings (SSSR count). The quantitative estimate of drug-likeness (QED) is 0.726. The average molecular weight is 312 g/mol. The largest absolute Gasteiger partial charge is 0.312 e. The van der Waals surface area contributed by atoms with Crippen LogP contribution in [-0.2, 0) is 9.09 Å². The van der Waals surface area contributed by atoms with Crippen molar-refractivity contribution in [2.24, 2.45) is 0 Å². The van der Waals surface area contributed by atoms with Crippen molar-refractivity contribution >= 4 is 12.7 Å². The number of hydrogen-bond acceptors (Lipinski definition) is 2. The first-order chi connectivity index (χ1) is 10.8. The highest BCUT2D eigenvalue weighted by molar-refractivity contribution is 7.68. The zero-order valence-electron chi connectivity index (χ0n) is 12.7. The van der Waals surface area contributed by atoms with Crippen LogP contribution in [0.15, 0.2) is 54.6 Å². The van der Waals surface area contributed by atoms with Crippen molar-refractivity contribution < 1.29 is 9.09 Å². The first-order valence-corrected chi connectivity index (χ1v) is 9.91. The van der Waals surface area contributed by atoms with Gasteiger partial charge in [-0.25, -0.2) is 0 Å². The summed E-state index contributed by atoms with van der Waals surface area (Å²) in [5.41, 5.74) is 2.40. The van der Waals surface area contributed by atoms with E-state index in [0.29, 0.717) is 0 Å². The summed E-state index contributed by atoms with van der Waals surface area (Å²) in [4.78, 5) is 0. The van der Waals surface area contributed by atoms with E-state index in [0.717, 1.165) is 29.3 Å². The zero-order chi connectivity index (χ0) is 15.0. The lowest BCUT2D eigenvalue weighted by Gasteiger charge is -2.28. The van der Waals surface area contributed by atoms with Gasteiger partial charge in [-0.1, -0.05) is 67.8 Å². The molecule has 0 bridgehead atoms. The topological polar surface area (TPSA) is 26.3 Å². The second kappa shape index (κ2) is 5.68. The highest BCUT2D eigenvalue weighted by Gasteiger charge is 2.46. The van der Waals surface area contributed by atoms with Gasteiger partial charge in [0.2, 0.25) is 7.37 Å². The molecule has 2 aliphatic rings. The predicted octanol–water partition coefficient (Wildman–Crippen LogP) is 5.04. The Bertz CT molecular complexity index is 704. The lowest BCUT2D eigenvalue weighted by atomic mass is 10.0. The van der Waals surface area contributed by atoms with E-state index in [-0.39, 0.29) is 11.8 Å². The van der Waals surface area contributed by atoms with Crippen molar-refractivity contribution in [2.45, 2.75) is 43.9 Å². The van der Waals surface area contributed by atoms with Crippen LogP contribution in [0.2, 0.25) is 0 Å². The molecule has 0 amide bonds. The van der Waals surface area contributed by atoms with Crippen LogP contribution in [0.4, 0.5) is 0 Å². The second-order valence-corrected chi connectivity index (χ2v) is 8.96. The van der Waals surface area contributed by atoms with Crippen LogP contribution in [0.3, 0.4) is 0 Å². The molecule has 0 radical (unpaired) electrons. The fourth-order valence-electron chi connectivity index (χ4n) is 3.84. The van der Waals surface area contributed by atoms with Crippen LogP contribution in [0.5, 0.6) is 0 Å². The minimum absolute atomic E-state index is 0.176. The van der Waals surface area contributed by atoms with E-state index in [4.69, 9.17) is 4.52 Å². The monoisotopic (exact) mass is 312 g/mol. The van der Waals surface area contributed by atoms with Gasteiger partial charge >= 0.3 is 0 Å². The molecule has 2 nitrogen and oxygen atoms in total. The summed E-state index contributed by atoms with van der Waals surface area (Å²) in [6.07, 6.45) is 5.51. The van der Waals surface area contributed by atoms with Crippen LogP contribution in [0.1, 0.15) is 49.3 Å². The molecule has 1 fully saturated rings. The molecule has 0 aromatic heterocycles. The molecule has 3 heteroatoms. The molecule has 114 valence electrons. The normalized spacial score (nSPS) is 28.5. The predicted molar refractivity (Wildman–Crippen MR) is 89.9 cm³/mol. The maximum absolute atomic E-state index is 13.8. The molecule has 0 spiro atoms. The van der Waals surface area contributed by atoms with Crippen molar-refractivity contribution in [3.8, 4) is 0 Å². The van der Waals surface area contributed by atoms with Gasteiger partial charge in [0.05, 0.1) is 0 Å². The fraction of sp³-hybridized carbons (Fsp3) is 0.368. The molecule has 2 atom stereocenters. The molecule has 0 N–H and O–H groups in total. The van der Waals surface area contributed by atoms with Gasteiger partial charge < -0.3 is 4.52 Å². The molecule has 1 aliphatic heterocycles. The Morgan fingerprint density at radius 1 is 0.864 bits per heavy atom. The summed E-state index contributed by atoms with van der Waals surface area (Å²) in [7, 11) is -2.76. The number of rotatable bonds is 2. The minimum Gasteiger partial charge on any atom is -0.312 e. The van der Waals surface area contributed by atoms with Crippen LogP contribution in [0, 0.1) is 0 Å². The van der Waals surface area contributed by atoms with Gasteiger partial charge in [-0.15, -0.1) is 0 Å². The summed E-state index contributed by atoms with van der Waals surface area (Å²) in [5.74, 6) is 0. The molecule has 1 heterocycles. The first kappa shape index (κ1) is 14.2. The van der Waals surface area contributed by atoms with Crippen molar-refractivity contribution in [1.29, 1.82) is 0 Å². The summed E-state index contributed by atoms with van der Waals surface area (Å²) < 4.78 is 20.1. The van der Waals surface area contributed by atoms with Crippen LogP contribution < -0.4 is 5.30 Å². The Kier molecular flexibility index (Phi) is 3.68. The summed E-state index contributed by atoms with van der Waals surface area (Å²) in [6, 6.07) is 18.3. The van der Waals surface area contributed by atoms with E-state index in [1.807, 2.05) is 36.4 Å². The molecular weight excluding hydrogens is 291 g/mol. The van der Waals surface area contributed by atoms with E-state index >= 15 is 0 Å². The van der Waals surface area contributed by atoms with Crippen LogP contribution in [0.25, 0.3) is 0 Å². The van der Waals surface area contributed by atoms with E-state index in [9.17, 15) is 4.57 Å². The van der Waals surface area contributed by atoms with Gasteiger partial charge in [0.1, 0.15) is 6.10 Å². The number of fused-ring (bicyclic) bond motifs is 1. The Balaban J connectivity index is 1.78. The van der Waals surface area contributed by atoms with Crippen molar-refractivity contribution in [3.63, 3.8) is 0 Å². The summed E-state index contributed by atoms with van der Waals surface area (Å²) in [6.45, 7) is 0. The molecule has 1 aliphatic carbocycles. The standard InChI is InChI=1S/C19H21O2P/c20-22(16-11-5-2-6-12-16)18-14-8-7-13-17(18)19(21-22)15-9-3-1-4-10-15/h1,3-4,7-10,13-14,16,19H,2,5-6,11-12H2. The number of hydrogen-bond donors (Lipinski definition) is 0. The third kappa shape index (κ3) is 2.26. The summed E-state index contributed by atoms with van der Waals surface area (Å²) in [5, 5.41) is 0.968. The number of benzene rings is 2. The smallest absolute Gasteiger partial charge is 0.236 e. The Hall–Kier alpha value is -1.37. The average Bonchev–Trinajstić information content (AvgIpc) is 2.91. The Morgan fingerprint density at radius 2 is 1.55 bits per heavy atom. The molecule has 2 aromatic carbocycles. The summed E-state index contributed by atoms with van der Waals surface area (Å²) >= 11 is 0. The van der Waals surface area contributed by atoms with E-state index < -0.39 is 7.37 Å². The van der Waals surface area contributed by atoms with Gasteiger partial charge in [-0.3, -0.25) is 4.57 Å². The van der Waals surface area contributed by atoms with Crippen molar-refractivity contribution in [3.05, 3.63) is 65.7 Å². The van der Waals surface area contributed by atoms with Crippen LogP contribution >= 0.6 is 7.37 Å². The maximum Gasteiger partial charge on any atom is 0.236 e. The third-order valence-electron chi connectivity index (χ3n) is 4.97. The van der Waals surface area contributed by atoms with Gasteiger partial charge in [0.15, 0.2) is 0 Å². The minimum atomic E-state index is -2.76. The van der Waals surface area contributed by atoms with Crippen LogP contribution in [-0.4, -0.2) is 5.66 Å². The maximum atomic E-state index is 13.8. The highest BCUT2D eigenvalue weighted by Crippen LogP contribution is 2.63. The molecule has 1 saturated carbocycles. The van der Waals surface area contributed by atoms with E-state index in [2.05, 4.69) is 18.2 Å². The third-order valence-corrected chi connectivity index (χ3v) is 8.06. The lowest BCUT2D eigenvalue weighted by molar-refractivity contribution is 0.258. The van der Waals surface area contributed by atoms with Gasteiger partial charge in [-0.05, 0) is 30.0 Å². The Morgan fingerprint density at radius 3 is 2.32 bits per heavy atom. The van der Waals surface area contributed by atoms with E-state index in [1.165, 1.54) is 19.3 Å². The van der Waals surface area contributed by atoms with Crippen molar-refractivity contribution in [1.82, 2.24) is 0 Å². The molecule has 0 saturated heterocycles. The van der Waals surface area contributed by atoms with Crippen molar-refractivity contribution in [2.75, 3.05) is 0 Å². The molecular formula is C19H21O2P. The fourth-order valence-corrected chi connectivity index (χ4v) is 6.95. The van der Waals surface area contributed by atoms with E-state index in [1.54, 1.807) is 0 Å². The highest BCUT2D eigenvalue weighted by atomic mass is 31.2.